The van der Waals surface area contributed by atoms with Gasteiger partial charge in [-0.1, -0.05) is 6.07 Å². The van der Waals surface area contributed by atoms with E-state index in [1.807, 2.05) is 40.7 Å². The molecule has 0 atom stereocenters. The van der Waals surface area contributed by atoms with Gasteiger partial charge < -0.3 is 9.31 Å². The van der Waals surface area contributed by atoms with Gasteiger partial charge in [-0.25, -0.2) is 4.39 Å². The van der Waals surface area contributed by atoms with Crippen molar-refractivity contribution in [1.29, 1.82) is 0 Å². The largest absolute Gasteiger partial charge is 0.497 e. The molecule has 0 radical (unpaired) electrons. The second-order valence-corrected chi connectivity index (χ2v) is 6.52. The maximum atomic E-state index is 14.3. The van der Waals surface area contributed by atoms with Crippen LogP contribution in [0.25, 0.3) is 0 Å². The molecular weight excluding hydrogens is 256 g/mol. The standard InChI is InChI=1S/C15H19BFNO2/c1-9-11-7-12(13(17)6-10(11)8-18-9)16-19-14(2,3)15(4,5)20-16/h6-7H,8H2,1-5H3. The fourth-order valence-electron chi connectivity index (χ4n) is 2.54. The fourth-order valence-corrected chi connectivity index (χ4v) is 2.54. The molecule has 3 rings (SSSR count). The normalized spacial score (nSPS) is 22.9. The molecule has 2 aliphatic heterocycles. The highest BCUT2D eigenvalue weighted by Crippen LogP contribution is 2.37. The van der Waals surface area contributed by atoms with Gasteiger partial charge in [-0.3, -0.25) is 4.99 Å². The third-order valence-corrected chi connectivity index (χ3v) is 4.61. The first-order valence-corrected chi connectivity index (χ1v) is 6.91. The van der Waals surface area contributed by atoms with Crippen molar-refractivity contribution in [3.05, 3.63) is 29.1 Å². The molecule has 106 valence electrons. The minimum Gasteiger partial charge on any atom is -0.399 e. The van der Waals surface area contributed by atoms with Gasteiger partial charge in [0, 0.05) is 16.7 Å². The summed E-state index contributed by atoms with van der Waals surface area (Å²) >= 11 is 0. The van der Waals surface area contributed by atoms with Crippen molar-refractivity contribution in [2.24, 2.45) is 4.99 Å². The van der Waals surface area contributed by atoms with Gasteiger partial charge in [0.1, 0.15) is 5.82 Å². The van der Waals surface area contributed by atoms with Gasteiger partial charge in [-0.2, -0.15) is 0 Å². The molecular formula is C15H19BFNO2. The van der Waals surface area contributed by atoms with Crippen molar-refractivity contribution in [2.45, 2.75) is 52.4 Å². The first-order valence-electron chi connectivity index (χ1n) is 6.91. The maximum Gasteiger partial charge on any atom is 0.497 e. The number of rotatable bonds is 1. The summed E-state index contributed by atoms with van der Waals surface area (Å²) < 4.78 is 26.2. The SMILES string of the molecule is CC1=NCc2cc(F)c(B3OC(C)(C)C(C)(C)O3)cc21. The van der Waals surface area contributed by atoms with Crippen LogP contribution in [0, 0.1) is 5.82 Å². The third kappa shape index (κ3) is 1.92. The lowest BCUT2D eigenvalue weighted by molar-refractivity contribution is 0.00578. The van der Waals surface area contributed by atoms with Crippen molar-refractivity contribution < 1.29 is 13.7 Å². The number of aliphatic imine (C=N–C) groups is 1. The van der Waals surface area contributed by atoms with Crippen LogP contribution >= 0.6 is 0 Å². The van der Waals surface area contributed by atoms with Crippen molar-refractivity contribution in [3.63, 3.8) is 0 Å². The number of benzene rings is 1. The van der Waals surface area contributed by atoms with Crippen molar-refractivity contribution in [1.82, 2.24) is 0 Å². The highest BCUT2D eigenvalue weighted by Gasteiger charge is 2.52. The molecule has 0 bridgehead atoms. The first kappa shape index (κ1) is 13.8. The Kier molecular flexibility index (Phi) is 2.86. The van der Waals surface area contributed by atoms with Crippen LogP contribution in [0.1, 0.15) is 45.7 Å². The fraction of sp³-hybridized carbons (Fsp3) is 0.533. The van der Waals surface area contributed by atoms with E-state index in [0.717, 1.165) is 16.8 Å². The average Bonchev–Trinajstić information content (AvgIpc) is 2.77. The predicted molar refractivity (Wildman–Crippen MR) is 78.0 cm³/mol. The molecule has 3 nitrogen and oxygen atoms in total. The summed E-state index contributed by atoms with van der Waals surface area (Å²) in [7, 11) is -0.668. The van der Waals surface area contributed by atoms with E-state index in [4.69, 9.17) is 9.31 Å². The zero-order chi connectivity index (χ0) is 14.7. The number of nitrogens with zero attached hydrogens (tertiary/aromatic N) is 1. The highest BCUT2D eigenvalue weighted by molar-refractivity contribution is 6.62. The quantitative estimate of drug-likeness (QED) is 0.737. The van der Waals surface area contributed by atoms with Crippen LogP contribution in [-0.4, -0.2) is 24.0 Å². The van der Waals surface area contributed by atoms with E-state index in [0.29, 0.717) is 12.0 Å². The van der Waals surface area contributed by atoms with Crippen LogP contribution in [0.3, 0.4) is 0 Å². The molecule has 2 aliphatic rings. The smallest absolute Gasteiger partial charge is 0.399 e. The third-order valence-electron chi connectivity index (χ3n) is 4.61. The van der Waals surface area contributed by atoms with E-state index in [9.17, 15) is 4.39 Å². The summed E-state index contributed by atoms with van der Waals surface area (Å²) in [6.07, 6.45) is 0. The molecule has 20 heavy (non-hydrogen) atoms. The minimum atomic E-state index is -0.668. The molecule has 1 fully saturated rings. The average molecular weight is 275 g/mol. The summed E-state index contributed by atoms with van der Waals surface area (Å²) in [5.74, 6) is -0.285. The molecule has 1 saturated heterocycles. The monoisotopic (exact) mass is 275 g/mol. The highest BCUT2D eigenvalue weighted by atomic mass is 19.1. The minimum absolute atomic E-state index is 0.285. The van der Waals surface area contributed by atoms with E-state index in [1.54, 1.807) is 6.07 Å². The van der Waals surface area contributed by atoms with Gasteiger partial charge in [-0.05, 0) is 46.2 Å². The Bertz CT molecular complexity index is 594. The molecule has 1 aromatic carbocycles. The van der Waals surface area contributed by atoms with Crippen molar-refractivity contribution in [2.75, 3.05) is 0 Å². The number of fused-ring (bicyclic) bond motifs is 1. The Hall–Kier alpha value is -1.20. The van der Waals surface area contributed by atoms with E-state index < -0.39 is 18.3 Å². The lowest BCUT2D eigenvalue weighted by atomic mass is 9.77. The molecule has 0 aromatic heterocycles. The Morgan fingerprint density at radius 1 is 1.15 bits per heavy atom. The summed E-state index contributed by atoms with van der Waals surface area (Å²) in [4.78, 5) is 4.34. The van der Waals surface area contributed by atoms with Crippen LogP contribution < -0.4 is 5.46 Å². The van der Waals surface area contributed by atoms with Crippen LogP contribution in [0.2, 0.25) is 0 Å². The van der Waals surface area contributed by atoms with Crippen molar-refractivity contribution in [3.8, 4) is 0 Å². The summed E-state index contributed by atoms with van der Waals surface area (Å²) in [6, 6.07) is 3.37. The van der Waals surface area contributed by atoms with Crippen molar-refractivity contribution >= 4 is 18.3 Å². The van der Waals surface area contributed by atoms with Crippen LogP contribution in [0.15, 0.2) is 17.1 Å². The Morgan fingerprint density at radius 3 is 2.35 bits per heavy atom. The topological polar surface area (TPSA) is 30.8 Å². The molecule has 0 N–H and O–H groups in total. The maximum absolute atomic E-state index is 14.3. The molecule has 0 spiro atoms. The number of hydrogen-bond donors (Lipinski definition) is 0. The van der Waals surface area contributed by atoms with E-state index in [-0.39, 0.29) is 5.82 Å². The summed E-state index contributed by atoms with van der Waals surface area (Å²) in [5, 5.41) is 0. The summed E-state index contributed by atoms with van der Waals surface area (Å²) in [5.41, 5.74) is 2.39. The van der Waals surface area contributed by atoms with Gasteiger partial charge >= 0.3 is 7.12 Å². The molecule has 0 saturated carbocycles. The lowest BCUT2D eigenvalue weighted by Crippen LogP contribution is -2.41. The molecule has 0 unspecified atom stereocenters. The second-order valence-electron chi connectivity index (χ2n) is 6.52. The Labute approximate surface area is 119 Å². The predicted octanol–water partition coefficient (Wildman–Crippen LogP) is 2.45. The number of halogens is 1. The van der Waals surface area contributed by atoms with Crippen LogP contribution in [0.5, 0.6) is 0 Å². The van der Waals surface area contributed by atoms with Gasteiger partial charge in [-0.15, -0.1) is 0 Å². The van der Waals surface area contributed by atoms with E-state index in [1.165, 1.54) is 0 Å². The van der Waals surface area contributed by atoms with Gasteiger partial charge in [0.15, 0.2) is 0 Å². The number of hydrogen-bond acceptors (Lipinski definition) is 3. The second kappa shape index (κ2) is 4.15. The van der Waals surface area contributed by atoms with E-state index >= 15 is 0 Å². The molecule has 0 amide bonds. The molecule has 0 aliphatic carbocycles. The lowest BCUT2D eigenvalue weighted by Gasteiger charge is -2.32. The van der Waals surface area contributed by atoms with Gasteiger partial charge in [0.05, 0.1) is 17.7 Å². The molecule has 1 aromatic rings. The zero-order valence-corrected chi connectivity index (χ0v) is 12.6. The van der Waals surface area contributed by atoms with Crippen LogP contribution in [-0.2, 0) is 15.9 Å². The van der Waals surface area contributed by atoms with E-state index in [2.05, 4.69) is 4.99 Å². The van der Waals surface area contributed by atoms with Crippen LogP contribution in [0.4, 0.5) is 4.39 Å². The zero-order valence-electron chi connectivity index (χ0n) is 12.6. The first-order chi connectivity index (χ1) is 9.21. The molecule has 2 heterocycles. The van der Waals surface area contributed by atoms with Gasteiger partial charge in [0.25, 0.3) is 0 Å². The summed E-state index contributed by atoms with van der Waals surface area (Å²) in [6.45, 7) is 10.4. The Balaban J connectivity index is 2.01. The van der Waals surface area contributed by atoms with Gasteiger partial charge in [0.2, 0.25) is 0 Å². The Morgan fingerprint density at radius 2 is 1.75 bits per heavy atom. The molecule has 5 heteroatoms.